The van der Waals surface area contributed by atoms with Gasteiger partial charge in [0.1, 0.15) is 23.1 Å². The summed E-state index contributed by atoms with van der Waals surface area (Å²) in [5.74, 6) is -2.04. The van der Waals surface area contributed by atoms with E-state index in [9.17, 15) is 19.1 Å². The van der Waals surface area contributed by atoms with Crippen LogP contribution in [0.2, 0.25) is 0 Å². The zero-order valence-electron chi connectivity index (χ0n) is 18.3. The first kappa shape index (κ1) is 22.1. The summed E-state index contributed by atoms with van der Waals surface area (Å²) in [6, 6.07) is 16.7. The van der Waals surface area contributed by atoms with Gasteiger partial charge in [0.25, 0.3) is 11.7 Å². The Morgan fingerprint density at radius 2 is 1.70 bits per heavy atom. The summed E-state index contributed by atoms with van der Waals surface area (Å²) in [5.41, 5.74) is 1.83. The molecule has 4 rings (SSSR count). The second-order valence-electron chi connectivity index (χ2n) is 7.63. The van der Waals surface area contributed by atoms with Crippen molar-refractivity contribution < 1.29 is 28.6 Å². The zero-order chi connectivity index (χ0) is 23.7. The van der Waals surface area contributed by atoms with Gasteiger partial charge in [0.15, 0.2) is 0 Å². The number of aliphatic hydroxyl groups is 1. The van der Waals surface area contributed by atoms with Gasteiger partial charge in [0, 0.05) is 5.69 Å². The number of Topliss-reactive ketones (excluding diaryl/α,β-unsaturated/α-hetero) is 1. The molecule has 1 amide bonds. The fourth-order valence-electron chi connectivity index (χ4n) is 4.01. The summed E-state index contributed by atoms with van der Waals surface area (Å²) in [7, 11) is 2.90. The largest absolute Gasteiger partial charge is 0.507 e. The van der Waals surface area contributed by atoms with Crippen molar-refractivity contribution in [1.29, 1.82) is 0 Å². The van der Waals surface area contributed by atoms with E-state index in [1.165, 1.54) is 31.3 Å². The van der Waals surface area contributed by atoms with E-state index >= 15 is 0 Å². The highest BCUT2D eigenvalue weighted by molar-refractivity contribution is 6.51. The minimum atomic E-state index is -0.925. The molecule has 1 aliphatic rings. The van der Waals surface area contributed by atoms with E-state index < -0.39 is 29.3 Å². The van der Waals surface area contributed by atoms with E-state index in [2.05, 4.69) is 0 Å². The summed E-state index contributed by atoms with van der Waals surface area (Å²) in [6.45, 7) is 1.89. The van der Waals surface area contributed by atoms with Crippen LogP contribution < -0.4 is 14.4 Å². The van der Waals surface area contributed by atoms with Crippen molar-refractivity contribution in [2.75, 3.05) is 19.1 Å². The third kappa shape index (κ3) is 3.93. The summed E-state index contributed by atoms with van der Waals surface area (Å²) >= 11 is 0. The van der Waals surface area contributed by atoms with E-state index in [-0.39, 0.29) is 16.9 Å². The van der Waals surface area contributed by atoms with Gasteiger partial charge < -0.3 is 14.6 Å². The molecule has 1 fully saturated rings. The minimum absolute atomic E-state index is 0.0112. The van der Waals surface area contributed by atoms with Gasteiger partial charge in [-0.25, -0.2) is 4.39 Å². The molecule has 0 bridgehead atoms. The molecule has 1 aliphatic heterocycles. The van der Waals surface area contributed by atoms with E-state index in [1.54, 1.807) is 30.3 Å². The lowest BCUT2D eigenvalue weighted by molar-refractivity contribution is -0.132. The zero-order valence-corrected chi connectivity index (χ0v) is 18.3. The number of aryl methyl sites for hydroxylation is 1. The Bertz CT molecular complexity index is 1270. The van der Waals surface area contributed by atoms with E-state index in [0.29, 0.717) is 17.0 Å². The number of ketones is 1. The van der Waals surface area contributed by atoms with E-state index in [0.717, 1.165) is 11.6 Å². The second-order valence-corrected chi connectivity index (χ2v) is 7.63. The molecule has 168 valence electrons. The second kappa shape index (κ2) is 8.78. The quantitative estimate of drug-likeness (QED) is 0.346. The van der Waals surface area contributed by atoms with Crippen LogP contribution in [0.3, 0.4) is 0 Å². The third-order valence-electron chi connectivity index (χ3n) is 5.57. The van der Waals surface area contributed by atoms with Gasteiger partial charge in [0.05, 0.1) is 31.4 Å². The molecule has 3 aromatic rings. The molecule has 7 heteroatoms. The third-order valence-corrected chi connectivity index (χ3v) is 5.57. The maximum atomic E-state index is 14.0. The van der Waals surface area contributed by atoms with Crippen LogP contribution in [-0.4, -0.2) is 31.0 Å². The lowest BCUT2D eigenvalue weighted by Gasteiger charge is -2.26. The fraction of sp³-hybridized carbons (Fsp3) is 0.154. The Balaban J connectivity index is 1.97. The molecule has 1 heterocycles. The van der Waals surface area contributed by atoms with Gasteiger partial charge in [-0.05, 0) is 55.0 Å². The van der Waals surface area contributed by atoms with Crippen LogP contribution in [0.15, 0.2) is 72.3 Å². The van der Waals surface area contributed by atoms with Crippen LogP contribution in [0.4, 0.5) is 10.1 Å². The van der Waals surface area contributed by atoms with Crippen molar-refractivity contribution in [2.24, 2.45) is 0 Å². The number of amides is 1. The predicted molar refractivity (Wildman–Crippen MR) is 122 cm³/mol. The lowest BCUT2D eigenvalue weighted by Crippen LogP contribution is -2.29. The number of hydrogen-bond acceptors (Lipinski definition) is 5. The molecule has 0 spiro atoms. The summed E-state index contributed by atoms with van der Waals surface area (Å²) in [5, 5.41) is 11.2. The van der Waals surface area contributed by atoms with Gasteiger partial charge in [-0.3, -0.25) is 14.5 Å². The van der Waals surface area contributed by atoms with Crippen LogP contribution in [0.25, 0.3) is 5.76 Å². The molecule has 1 atom stereocenters. The Hall–Kier alpha value is -4.13. The SMILES string of the molecule is COc1ccc(N2C(=O)C(=O)/C(=C(/O)c3cc(F)ccc3OC)C2c2cccc(C)c2)cc1. The van der Waals surface area contributed by atoms with Gasteiger partial charge in [0.2, 0.25) is 0 Å². The van der Waals surface area contributed by atoms with E-state index in [1.807, 2.05) is 25.1 Å². The molecule has 3 aromatic carbocycles. The standard InChI is InChI=1S/C26H22FNO5/c1-15-5-4-6-16(13-15)23-22(24(29)20-14-17(27)7-12-21(20)33-3)25(30)26(31)28(23)18-8-10-19(32-2)11-9-18/h4-14,23,29H,1-3H3/b24-22+. The number of halogens is 1. The first-order valence-corrected chi connectivity index (χ1v) is 10.2. The Labute approximate surface area is 190 Å². The Morgan fingerprint density at radius 3 is 2.33 bits per heavy atom. The summed E-state index contributed by atoms with van der Waals surface area (Å²) < 4.78 is 24.5. The number of hydrogen-bond donors (Lipinski definition) is 1. The number of aliphatic hydroxyl groups excluding tert-OH is 1. The van der Waals surface area contributed by atoms with Gasteiger partial charge in [-0.2, -0.15) is 0 Å². The van der Waals surface area contributed by atoms with Crippen molar-refractivity contribution in [1.82, 2.24) is 0 Å². The van der Waals surface area contributed by atoms with Crippen LogP contribution in [0.1, 0.15) is 22.7 Å². The molecular formula is C26H22FNO5. The fourth-order valence-corrected chi connectivity index (χ4v) is 4.01. The van der Waals surface area contributed by atoms with Crippen LogP contribution in [0.5, 0.6) is 11.5 Å². The molecule has 0 radical (unpaired) electrons. The van der Waals surface area contributed by atoms with Crippen molar-refractivity contribution in [3.8, 4) is 11.5 Å². The molecule has 1 saturated heterocycles. The number of ether oxygens (including phenoxy) is 2. The molecule has 0 saturated carbocycles. The lowest BCUT2D eigenvalue weighted by atomic mass is 9.94. The summed E-state index contributed by atoms with van der Waals surface area (Å²) in [4.78, 5) is 27.7. The number of carbonyl (C=O) groups excluding carboxylic acids is 2. The van der Waals surface area contributed by atoms with Crippen molar-refractivity contribution in [2.45, 2.75) is 13.0 Å². The predicted octanol–water partition coefficient (Wildman–Crippen LogP) is 4.78. The van der Waals surface area contributed by atoms with Crippen molar-refractivity contribution in [3.05, 3.63) is 94.8 Å². The Kier molecular flexibility index (Phi) is 5.87. The molecule has 1 unspecified atom stereocenters. The smallest absolute Gasteiger partial charge is 0.300 e. The Morgan fingerprint density at radius 1 is 0.970 bits per heavy atom. The normalized spacial score (nSPS) is 17.3. The molecule has 0 aromatic heterocycles. The maximum absolute atomic E-state index is 14.0. The number of methoxy groups -OCH3 is 2. The molecule has 1 N–H and O–H groups in total. The number of anilines is 1. The van der Waals surface area contributed by atoms with Crippen LogP contribution in [0, 0.1) is 12.7 Å². The van der Waals surface area contributed by atoms with Gasteiger partial charge in [-0.1, -0.05) is 29.8 Å². The van der Waals surface area contributed by atoms with Crippen LogP contribution >= 0.6 is 0 Å². The highest BCUT2D eigenvalue weighted by Gasteiger charge is 2.47. The number of carbonyl (C=O) groups is 2. The molecule has 6 nitrogen and oxygen atoms in total. The topological polar surface area (TPSA) is 76.1 Å². The number of rotatable bonds is 5. The average Bonchev–Trinajstić information content (AvgIpc) is 3.09. The highest BCUT2D eigenvalue weighted by atomic mass is 19.1. The molecule has 0 aliphatic carbocycles. The van der Waals surface area contributed by atoms with Gasteiger partial charge >= 0.3 is 0 Å². The number of nitrogens with zero attached hydrogens (tertiary/aromatic N) is 1. The summed E-state index contributed by atoms with van der Waals surface area (Å²) in [6.07, 6.45) is 0. The first-order chi connectivity index (χ1) is 15.8. The first-order valence-electron chi connectivity index (χ1n) is 10.2. The average molecular weight is 447 g/mol. The highest BCUT2D eigenvalue weighted by Crippen LogP contribution is 2.43. The number of benzene rings is 3. The van der Waals surface area contributed by atoms with Crippen molar-refractivity contribution >= 4 is 23.1 Å². The van der Waals surface area contributed by atoms with E-state index in [4.69, 9.17) is 9.47 Å². The van der Waals surface area contributed by atoms with Crippen LogP contribution in [-0.2, 0) is 9.59 Å². The molecule has 33 heavy (non-hydrogen) atoms. The minimum Gasteiger partial charge on any atom is -0.507 e. The molecular weight excluding hydrogens is 425 g/mol. The maximum Gasteiger partial charge on any atom is 0.300 e. The van der Waals surface area contributed by atoms with Gasteiger partial charge in [-0.15, -0.1) is 0 Å². The monoisotopic (exact) mass is 447 g/mol. The van der Waals surface area contributed by atoms with Crippen molar-refractivity contribution in [3.63, 3.8) is 0 Å².